The molecule has 0 saturated carbocycles. The molecule has 8 heteroatoms. The molecular weight excluding hydrogens is 490 g/mol. The number of nitrogens with one attached hydrogen (secondary N) is 1. The number of anilines is 1. The molecule has 0 atom stereocenters. The summed E-state index contributed by atoms with van der Waals surface area (Å²) in [6, 6.07) is 20.4. The smallest absolute Gasteiger partial charge is 0.341 e. The Hall–Kier alpha value is -4.06. The number of aromatic nitrogens is 1. The van der Waals surface area contributed by atoms with Gasteiger partial charge < -0.3 is 10.1 Å². The van der Waals surface area contributed by atoms with Crippen molar-refractivity contribution < 1.29 is 14.3 Å². The minimum Gasteiger partial charge on any atom is -0.462 e. The minimum atomic E-state index is -0.511. The third-order valence-electron chi connectivity index (χ3n) is 5.44. The van der Waals surface area contributed by atoms with Gasteiger partial charge in [0.25, 0.3) is 0 Å². The summed E-state index contributed by atoms with van der Waals surface area (Å²) in [4.78, 5) is 29.7. The summed E-state index contributed by atoms with van der Waals surface area (Å²) in [6.07, 6.45) is 1.51. The number of hydrogen-bond donors (Lipinski definition) is 1. The molecule has 0 amide bonds. The summed E-state index contributed by atoms with van der Waals surface area (Å²) in [5.74, 6) is -0.646. The lowest BCUT2D eigenvalue weighted by Gasteiger charge is -2.05. The highest BCUT2D eigenvalue weighted by Crippen LogP contribution is 2.35. The normalized spacial score (nSPS) is 11.1. The van der Waals surface area contributed by atoms with E-state index in [-0.39, 0.29) is 12.4 Å². The zero-order valence-electron chi connectivity index (χ0n) is 20.0. The predicted molar refractivity (Wildman–Crippen MR) is 145 cm³/mol. The largest absolute Gasteiger partial charge is 0.462 e. The van der Waals surface area contributed by atoms with Gasteiger partial charge in [-0.1, -0.05) is 54.6 Å². The van der Waals surface area contributed by atoms with Crippen molar-refractivity contribution in [2.24, 2.45) is 0 Å². The number of esters is 1. The van der Waals surface area contributed by atoms with Crippen LogP contribution in [-0.2, 0) is 4.74 Å². The van der Waals surface area contributed by atoms with Crippen LogP contribution in [0.3, 0.4) is 0 Å². The minimum absolute atomic E-state index is 0.136. The molecule has 0 unspecified atom stereocenters. The number of Topliss-reactive ketones (excluding diaryl/α,β-unsaturated/α-hetero) is 1. The molecule has 2 aromatic heterocycles. The van der Waals surface area contributed by atoms with Crippen molar-refractivity contribution in [1.29, 1.82) is 5.26 Å². The van der Waals surface area contributed by atoms with Crippen LogP contribution in [0, 0.1) is 18.3 Å². The lowest BCUT2D eigenvalue weighted by atomic mass is 10.0. The highest BCUT2D eigenvalue weighted by Gasteiger charge is 2.24. The summed E-state index contributed by atoms with van der Waals surface area (Å²) >= 11 is 2.53. The summed E-state index contributed by atoms with van der Waals surface area (Å²) in [6.45, 7) is 5.12. The molecule has 0 bridgehead atoms. The van der Waals surface area contributed by atoms with Crippen LogP contribution in [0.2, 0.25) is 0 Å². The van der Waals surface area contributed by atoms with E-state index in [2.05, 4.69) is 40.6 Å². The first-order valence-corrected chi connectivity index (χ1v) is 12.9. The Bertz CT molecular complexity index is 1480. The van der Waals surface area contributed by atoms with E-state index >= 15 is 0 Å². The number of allylic oxidation sites excluding steroid dienone is 1. The van der Waals surface area contributed by atoms with Crippen LogP contribution in [0.4, 0.5) is 5.00 Å². The lowest BCUT2D eigenvalue weighted by molar-refractivity contribution is 0.0527. The molecule has 1 N–H and O–H groups in total. The van der Waals surface area contributed by atoms with E-state index in [1.807, 2.05) is 35.7 Å². The van der Waals surface area contributed by atoms with Crippen molar-refractivity contribution in [3.05, 3.63) is 87.2 Å². The fraction of sp³-hybridized carbons (Fsp3) is 0.143. The topological polar surface area (TPSA) is 92.1 Å². The number of nitrogens with zero attached hydrogens (tertiary/aromatic N) is 2. The second-order valence-electron chi connectivity index (χ2n) is 7.83. The van der Waals surface area contributed by atoms with Gasteiger partial charge in [-0.3, -0.25) is 4.79 Å². The van der Waals surface area contributed by atoms with Gasteiger partial charge in [-0.2, -0.15) is 5.26 Å². The third-order valence-corrected chi connectivity index (χ3v) is 7.64. The fourth-order valence-electron chi connectivity index (χ4n) is 3.67. The zero-order chi connectivity index (χ0) is 25.7. The average molecular weight is 514 g/mol. The number of thiophene rings is 1. The van der Waals surface area contributed by atoms with Crippen LogP contribution in [0.15, 0.2) is 66.2 Å². The number of hydrogen-bond acceptors (Lipinski definition) is 8. The van der Waals surface area contributed by atoms with Crippen LogP contribution < -0.4 is 5.32 Å². The Morgan fingerprint density at radius 2 is 1.75 bits per heavy atom. The third kappa shape index (κ3) is 5.28. The predicted octanol–water partition coefficient (Wildman–Crippen LogP) is 7.20. The number of thiazole rings is 1. The number of nitriles is 1. The van der Waals surface area contributed by atoms with Crippen molar-refractivity contribution in [3.63, 3.8) is 0 Å². The van der Waals surface area contributed by atoms with E-state index in [1.165, 1.54) is 35.8 Å². The molecule has 2 heterocycles. The van der Waals surface area contributed by atoms with Crippen LogP contribution in [-0.4, -0.2) is 23.3 Å². The maximum atomic E-state index is 12.5. The summed E-state index contributed by atoms with van der Waals surface area (Å²) in [5, 5.41) is 15.7. The molecule has 0 saturated heterocycles. The quantitative estimate of drug-likeness (QED) is 0.152. The Morgan fingerprint density at radius 1 is 1.08 bits per heavy atom. The van der Waals surface area contributed by atoms with Gasteiger partial charge in [-0.05, 0) is 37.5 Å². The second kappa shape index (κ2) is 11.1. The van der Waals surface area contributed by atoms with E-state index in [4.69, 9.17) is 4.74 Å². The lowest BCUT2D eigenvalue weighted by Crippen LogP contribution is -2.08. The van der Waals surface area contributed by atoms with Gasteiger partial charge in [0.15, 0.2) is 5.78 Å². The van der Waals surface area contributed by atoms with Crippen molar-refractivity contribution in [1.82, 2.24) is 4.98 Å². The van der Waals surface area contributed by atoms with Gasteiger partial charge in [0.2, 0.25) is 0 Å². The SMILES string of the molecule is CCOC(=O)c1c(N/C=C(/C#N)c2nc(-c3ccc(-c4ccccc4)cc3)cs2)sc(C(C)=O)c1C. The van der Waals surface area contributed by atoms with Crippen molar-refractivity contribution in [2.45, 2.75) is 20.8 Å². The van der Waals surface area contributed by atoms with E-state index < -0.39 is 5.97 Å². The first kappa shape index (κ1) is 25.0. The first-order valence-electron chi connectivity index (χ1n) is 11.2. The van der Waals surface area contributed by atoms with Gasteiger partial charge in [0.1, 0.15) is 21.7 Å². The number of carbonyl (C=O) groups excluding carboxylic acids is 2. The maximum Gasteiger partial charge on any atom is 0.341 e. The second-order valence-corrected chi connectivity index (χ2v) is 9.71. The standard InChI is InChI=1S/C28H23N3O3S2/c1-4-34-28(33)24-17(2)25(18(3)32)36-27(24)30-15-22(14-29)26-31-23(16-35-26)21-12-10-20(11-13-21)19-8-6-5-7-9-19/h5-13,15-16,30H,4H2,1-3H3/b22-15-. The van der Waals surface area contributed by atoms with Gasteiger partial charge >= 0.3 is 5.97 Å². The maximum absolute atomic E-state index is 12.5. The van der Waals surface area contributed by atoms with Crippen LogP contribution >= 0.6 is 22.7 Å². The van der Waals surface area contributed by atoms with Gasteiger partial charge in [-0.25, -0.2) is 9.78 Å². The zero-order valence-corrected chi connectivity index (χ0v) is 21.6. The highest BCUT2D eigenvalue weighted by molar-refractivity contribution is 7.18. The summed E-state index contributed by atoms with van der Waals surface area (Å²) < 4.78 is 5.17. The highest BCUT2D eigenvalue weighted by atomic mass is 32.1. The Labute approximate surface area is 217 Å². The molecule has 2 aromatic carbocycles. The summed E-state index contributed by atoms with van der Waals surface area (Å²) in [7, 11) is 0. The van der Waals surface area contributed by atoms with Crippen molar-refractivity contribution in [2.75, 3.05) is 11.9 Å². The van der Waals surface area contributed by atoms with Crippen molar-refractivity contribution >= 4 is 45.0 Å². The Balaban J connectivity index is 1.59. The number of ether oxygens (including phenoxy) is 1. The molecular formula is C28H23N3O3S2. The van der Waals surface area contributed by atoms with E-state index in [0.717, 1.165) is 22.4 Å². The number of carbonyl (C=O) groups is 2. The molecule has 0 radical (unpaired) electrons. The molecule has 6 nitrogen and oxygen atoms in total. The van der Waals surface area contributed by atoms with Crippen LogP contribution in [0.25, 0.3) is 28.0 Å². The average Bonchev–Trinajstić information content (AvgIpc) is 3.50. The first-order chi connectivity index (χ1) is 17.4. The molecule has 0 aliphatic heterocycles. The van der Waals surface area contributed by atoms with E-state index in [1.54, 1.807) is 13.8 Å². The molecule has 36 heavy (non-hydrogen) atoms. The van der Waals surface area contributed by atoms with Crippen LogP contribution in [0.5, 0.6) is 0 Å². The van der Waals surface area contributed by atoms with Crippen molar-refractivity contribution in [3.8, 4) is 28.5 Å². The van der Waals surface area contributed by atoms with Crippen LogP contribution in [0.1, 0.15) is 44.4 Å². The van der Waals surface area contributed by atoms with Gasteiger partial charge in [0.05, 0.1) is 22.7 Å². The van der Waals surface area contributed by atoms with E-state index in [9.17, 15) is 14.9 Å². The Kier molecular flexibility index (Phi) is 7.74. The van der Waals surface area contributed by atoms with Gasteiger partial charge in [-0.15, -0.1) is 22.7 Å². The fourth-order valence-corrected chi connectivity index (χ4v) is 5.53. The monoisotopic (exact) mass is 513 g/mol. The summed E-state index contributed by atoms with van der Waals surface area (Å²) in [5.41, 5.74) is 5.17. The number of benzene rings is 2. The van der Waals surface area contributed by atoms with Gasteiger partial charge in [0, 0.05) is 17.1 Å². The number of rotatable bonds is 8. The molecule has 0 fully saturated rings. The molecule has 0 aliphatic rings. The molecule has 0 spiro atoms. The van der Waals surface area contributed by atoms with E-state index in [0.29, 0.717) is 31.6 Å². The molecule has 180 valence electrons. The number of ketones is 1. The molecule has 4 rings (SSSR count). The molecule has 0 aliphatic carbocycles. The Morgan fingerprint density at radius 3 is 2.39 bits per heavy atom. The molecule has 4 aromatic rings.